The average Bonchev–Trinajstić information content (AvgIpc) is 3.08. The van der Waals surface area contributed by atoms with Gasteiger partial charge < -0.3 is 9.15 Å². The number of anilines is 1. The number of aromatic nitrogens is 2. The van der Waals surface area contributed by atoms with Gasteiger partial charge in [-0.25, -0.2) is 8.42 Å². The van der Waals surface area contributed by atoms with E-state index >= 15 is 0 Å². The Morgan fingerprint density at radius 1 is 1.21 bits per heavy atom. The van der Waals surface area contributed by atoms with E-state index in [1.165, 1.54) is 40.3 Å². The maximum atomic E-state index is 12.8. The summed E-state index contributed by atoms with van der Waals surface area (Å²) in [7, 11) is -3.65. The van der Waals surface area contributed by atoms with Gasteiger partial charge in [-0.1, -0.05) is 5.10 Å². The van der Waals surface area contributed by atoms with E-state index < -0.39 is 15.9 Å². The largest absolute Gasteiger partial charge is 0.407 e. The number of rotatable bonds is 6. The summed E-state index contributed by atoms with van der Waals surface area (Å²) in [6.07, 6.45) is 1.55. The molecule has 2 heterocycles. The van der Waals surface area contributed by atoms with Crippen LogP contribution in [0.25, 0.3) is 0 Å². The number of carbonyl (C=O) groups is 1. The van der Waals surface area contributed by atoms with Gasteiger partial charge in [0.25, 0.3) is 5.91 Å². The van der Waals surface area contributed by atoms with E-state index in [-0.39, 0.29) is 28.7 Å². The van der Waals surface area contributed by atoms with Crippen molar-refractivity contribution in [1.82, 2.24) is 14.5 Å². The number of hydrogen-bond acceptors (Lipinski definition) is 8. The Labute approximate surface area is 167 Å². The molecule has 1 amide bonds. The maximum Gasteiger partial charge on any atom is 0.322 e. The van der Waals surface area contributed by atoms with Crippen LogP contribution >= 0.6 is 11.8 Å². The van der Waals surface area contributed by atoms with Crippen molar-refractivity contribution < 1.29 is 22.4 Å². The van der Waals surface area contributed by atoms with E-state index in [1.54, 1.807) is 0 Å². The number of amides is 1. The molecule has 0 spiro atoms. The van der Waals surface area contributed by atoms with E-state index in [9.17, 15) is 13.2 Å². The van der Waals surface area contributed by atoms with Crippen LogP contribution in [-0.4, -0.2) is 60.4 Å². The van der Waals surface area contributed by atoms with Gasteiger partial charge >= 0.3 is 6.01 Å². The molecule has 2 unspecified atom stereocenters. The molecule has 1 aliphatic heterocycles. The lowest BCUT2D eigenvalue weighted by Gasteiger charge is -2.34. The Kier molecular flexibility index (Phi) is 6.38. The third-order valence-corrected chi connectivity index (χ3v) is 6.48. The molecule has 1 fully saturated rings. The van der Waals surface area contributed by atoms with Gasteiger partial charge in [0, 0.05) is 18.7 Å². The van der Waals surface area contributed by atoms with Crippen LogP contribution < -0.4 is 5.32 Å². The monoisotopic (exact) mass is 426 g/mol. The first-order valence-corrected chi connectivity index (χ1v) is 11.5. The fraction of sp³-hybridized carbons (Fsp3) is 0.471. The van der Waals surface area contributed by atoms with Gasteiger partial charge in [-0.3, -0.25) is 10.1 Å². The van der Waals surface area contributed by atoms with Crippen molar-refractivity contribution >= 4 is 33.7 Å². The topological polar surface area (TPSA) is 115 Å². The third-order valence-electron chi connectivity index (χ3n) is 4.10. The minimum atomic E-state index is -3.65. The highest BCUT2D eigenvalue weighted by molar-refractivity contribution is 7.97. The molecule has 2 aromatic rings. The van der Waals surface area contributed by atoms with E-state index in [0.717, 1.165) is 0 Å². The van der Waals surface area contributed by atoms with Gasteiger partial charge in [0.2, 0.25) is 15.9 Å². The molecule has 0 radical (unpaired) electrons. The van der Waals surface area contributed by atoms with Gasteiger partial charge in [0.1, 0.15) is 0 Å². The van der Waals surface area contributed by atoms with Crippen LogP contribution in [0, 0.1) is 0 Å². The molecular weight excluding hydrogens is 404 g/mol. The van der Waals surface area contributed by atoms with Crippen LogP contribution in [0.15, 0.2) is 33.6 Å². The fourth-order valence-corrected chi connectivity index (χ4v) is 4.86. The highest BCUT2D eigenvalue weighted by Gasteiger charge is 2.32. The molecule has 1 aliphatic rings. The van der Waals surface area contributed by atoms with Crippen LogP contribution in [0.1, 0.15) is 30.1 Å². The summed E-state index contributed by atoms with van der Waals surface area (Å²) in [5, 5.41) is 10.1. The number of ether oxygens (including phenoxy) is 1. The van der Waals surface area contributed by atoms with Gasteiger partial charge in [0.15, 0.2) is 0 Å². The van der Waals surface area contributed by atoms with E-state index in [2.05, 4.69) is 15.5 Å². The molecule has 152 valence electrons. The van der Waals surface area contributed by atoms with Gasteiger partial charge in [-0.05, 0) is 44.4 Å². The summed E-state index contributed by atoms with van der Waals surface area (Å²) in [4.78, 5) is 12.4. The van der Waals surface area contributed by atoms with Crippen LogP contribution in [-0.2, 0) is 20.5 Å². The van der Waals surface area contributed by atoms with E-state index in [1.807, 2.05) is 20.1 Å². The fourth-order valence-electron chi connectivity index (χ4n) is 2.91. The zero-order valence-electron chi connectivity index (χ0n) is 15.8. The summed E-state index contributed by atoms with van der Waals surface area (Å²) in [6, 6.07) is 5.75. The van der Waals surface area contributed by atoms with Crippen LogP contribution in [0.2, 0.25) is 0 Å². The number of nitrogens with zero attached hydrogens (tertiary/aromatic N) is 3. The third kappa shape index (κ3) is 4.72. The lowest BCUT2D eigenvalue weighted by Crippen LogP contribution is -2.48. The van der Waals surface area contributed by atoms with Crippen molar-refractivity contribution in [2.24, 2.45) is 0 Å². The Morgan fingerprint density at radius 2 is 1.86 bits per heavy atom. The van der Waals surface area contributed by atoms with Crippen molar-refractivity contribution in [3.05, 3.63) is 35.7 Å². The van der Waals surface area contributed by atoms with Gasteiger partial charge in [0.05, 0.1) is 22.9 Å². The first-order valence-electron chi connectivity index (χ1n) is 8.68. The molecule has 0 aliphatic carbocycles. The number of sulfonamides is 1. The first kappa shape index (κ1) is 20.8. The summed E-state index contributed by atoms with van der Waals surface area (Å²) >= 11 is 1.52. The quantitative estimate of drug-likeness (QED) is 0.746. The number of nitrogens with one attached hydrogen (secondary N) is 1. The Hall–Kier alpha value is -1.95. The lowest BCUT2D eigenvalue weighted by molar-refractivity contribution is -0.0440. The Bertz CT molecular complexity index is 919. The van der Waals surface area contributed by atoms with Crippen LogP contribution in [0.3, 0.4) is 0 Å². The van der Waals surface area contributed by atoms with Crippen molar-refractivity contribution in [3.63, 3.8) is 0 Å². The number of benzene rings is 1. The van der Waals surface area contributed by atoms with Crippen molar-refractivity contribution in [3.8, 4) is 0 Å². The molecule has 1 aromatic heterocycles. The second-order valence-corrected chi connectivity index (χ2v) is 9.30. The van der Waals surface area contributed by atoms with Crippen molar-refractivity contribution in [2.45, 2.75) is 36.7 Å². The molecule has 3 rings (SSSR count). The van der Waals surface area contributed by atoms with Crippen LogP contribution in [0.5, 0.6) is 0 Å². The lowest BCUT2D eigenvalue weighted by atomic mass is 10.2. The molecule has 9 nitrogen and oxygen atoms in total. The van der Waals surface area contributed by atoms with Crippen molar-refractivity contribution in [2.75, 3.05) is 24.7 Å². The molecule has 2 atom stereocenters. The SMILES string of the molecule is CSCc1nnc(NC(=O)c2ccc(S(=O)(=O)N3CC(C)OC(C)C3)cc2)o1. The Balaban J connectivity index is 1.70. The summed E-state index contributed by atoms with van der Waals surface area (Å²) in [6.45, 7) is 4.27. The van der Waals surface area contributed by atoms with E-state index in [0.29, 0.717) is 24.7 Å². The summed E-state index contributed by atoms with van der Waals surface area (Å²) < 4.78 is 38.0. The highest BCUT2D eigenvalue weighted by atomic mass is 32.2. The second-order valence-electron chi connectivity index (χ2n) is 6.49. The molecule has 11 heteroatoms. The number of hydrogen-bond donors (Lipinski definition) is 1. The van der Waals surface area contributed by atoms with E-state index in [4.69, 9.17) is 9.15 Å². The van der Waals surface area contributed by atoms with Crippen molar-refractivity contribution in [1.29, 1.82) is 0 Å². The van der Waals surface area contributed by atoms with Crippen LogP contribution in [0.4, 0.5) is 6.01 Å². The molecule has 1 saturated heterocycles. The maximum absolute atomic E-state index is 12.8. The predicted octanol–water partition coefficient (Wildman–Crippen LogP) is 1.98. The zero-order valence-corrected chi connectivity index (χ0v) is 17.4. The van der Waals surface area contributed by atoms with Gasteiger partial charge in [-0.15, -0.1) is 5.10 Å². The minimum absolute atomic E-state index is 0.00189. The minimum Gasteiger partial charge on any atom is -0.407 e. The number of thioether (sulfide) groups is 1. The summed E-state index contributed by atoms with van der Waals surface area (Å²) in [5.41, 5.74) is 0.285. The highest BCUT2D eigenvalue weighted by Crippen LogP contribution is 2.22. The molecule has 1 N–H and O–H groups in total. The predicted molar refractivity (Wildman–Crippen MR) is 105 cm³/mol. The molecule has 0 saturated carbocycles. The first-order chi connectivity index (χ1) is 13.3. The zero-order chi connectivity index (χ0) is 20.3. The smallest absolute Gasteiger partial charge is 0.322 e. The molecule has 28 heavy (non-hydrogen) atoms. The normalized spacial score (nSPS) is 20.8. The molecular formula is C17H22N4O5S2. The molecule has 1 aromatic carbocycles. The van der Waals surface area contributed by atoms with Gasteiger partial charge in [-0.2, -0.15) is 16.1 Å². The molecule has 0 bridgehead atoms. The second kappa shape index (κ2) is 8.60. The summed E-state index contributed by atoms with van der Waals surface area (Å²) in [5.74, 6) is 0.504. The average molecular weight is 427 g/mol. The number of carbonyl (C=O) groups excluding carboxylic acids is 1. The number of morpholine rings is 1. The Morgan fingerprint density at radius 3 is 2.46 bits per heavy atom. The standard InChI is InChI=1S/C17H22N4O5S2/c1-11-8-21(9-12(2)25-11)28(23,24)14-6-4-13(5-7-14)16(22)18-17-20-19-15(26-17)10-27-3/h4-7,11-12H,8-10H2,1-3H3,(H,18,20,22).